The fraction of sp³-hybridized carbons (Fsp3) is 0.917. The minimum absolute atomic E-state index is 0.0881. The van der Waals surface area contributed by atoms with E-state index in [1.54, 1.807) is 0 Å². The van der Waals surface area contributed by atoms with Gasteiger partial charge in [0.05, 0.1) is 11.5 Å². The molecule has 0 amide bonds. The molecule has 1 fully saturated rings. The summed E-state index contributed by atoms with van der Waals surface area (Å²) in [6.45, 7) is 4.49. The first-order chi connectivity index (χ1) is 6.72. The number of hydrogen-bond acceptors (Lipinski definition) is 2. The number of unbranched alkanes of at least 4 members (excludes halogenated alkanes) is 1. The Bertz CT molecular complexity index is 201. The third-order valence-corrected chi connectivity index (χ3v) is 3.53. The maximum absolute atomic E-state index is 9.03. The molecule has 2 nitrogen and oxygen atoms in total. The van der Waals surface area contributed by atoms with Gasteiger partial charge in [-0.05, 0) is 45.8 Å². The smallest absolute Gasteiger partial charge is 0.0689 e. The molecule has 0 bridgehead atoms. The lowest BCUT2D eigenvalue weighted by Gasteiger charge is -2.35. The van der Waals surface area contributed by atoms with E-state index in [4.69, 9.17) is 5.26 Å². The number of nitriles is 1. The maximum Gasteiger partial charge on any atom is 0.0689 e. The minimum atomic E-state index is 0.0881. The molecule has 2 heteroatoms. The Balaban J connectivity index is 2.06. The van der Waals surface area contributed by atoms with Gasteiger partial charge in [0, 0.05) is 0 Å². The molecule has 0 radical (unpaired) electrons. The van der Waals surface area contributed by atoms with Crippen LogP contribution >= 0.6 is 0 Å². The second kappa shape index (κ2) is 5.36. The highest BCUT2D eigenvalue weighted by atomic mass is 15.1. The average Bonchev–Trinajstić information content (AvgIpc) is 2.15. The Kier molecular flexibility index (Phi) is 4.41. The van der Waals surface area contributed by atoms with Crippen molar-refractivity contribution < 1.29 is 0 Å². The summed E-state index contributed by atoms with van der Waals surface area (Å²) in [5.41, 5.74) is 0.0881. The summed E-state index contributed by atoms with van der Waals surface area (Å²) in [5, 5.41) is 9.03. The van der Waals surface area contributed by atoms with Crippen molar-refractivity contribution in [3.63, 3.8) is 0 Å². The van der Waals surface area contributed by atoms with Gasteiger partial charge in [0.15, 0.2) is 0 Å². The van der Waals surface area contributed by atoms with Gasteiger partial charge in [-0.25, -0.2) is 0 Å². The lowest BCUT2D eigenvalue weighted by atomic mass is 9.67. The molecule has 1 saturated carbocycles. The van der Waals surface area contributed by atoms with Crippen LogP contribution in [0, 0.1) is 16.7 Å². The molecular weight excluding hydrogens is 172 g/mol. The van der Waals surface area contributed by atoms with Crippen molar-refractivity contribution in [2.45, 2.75) is 45.4 Å². The molecule has 0 saturated heterocycles. The first-order valence-electron chi connectivity index (χ1n) is 5.82. The highest BCUT2D eigenvalue weighted by Gasteiger charge is 2.36. The van der Waals surface area contributed by atoms with Crippen molar-refractivity contribution >= 4 is 0 Å². The molecule has 80 valence electrons. The molecule has 1 rings (SSSR count). The summed E-state index contributed by atoms with van der Waals surface area (Å²) in [4.78, 5) is 2.33. The molecule has 1 aliphatic carbocycles. The van der Waals surface area contributed by atoms with Gasteiger partial charge in [-0.15, -0.1) is 0 Å². The lowest BCUT2D eigenvalue weighted by molar-refractivity contribution is 0.188. The van der Waals surface area contributed by atoms with E-state index in [1.807, 2.05) is 0 Å². The highest BCUT2D eigenvalue weighted by molar-refractivity contribution is 5.04. The summed E-state index contributed by atoms with van der Waals surface area (Å²) in [7, 11) is 2.16. The van der Waals surface area contributed by atoms with Crippen LogP contribution in [0.25, 0.3) is 0 Å². The van der Waals surface area contributed by atoms with E-state index in [2.05, 4.69) is 24.9 Å². The molecule has 0 atom stereocenters. The van der Waals surface area contributed by atoms with E-state index >= 15 is 0 Å². The van der Waals surface area contributed by atoms with Crippen molar-refractivity contribution in [2.24, 2.45) is 5.41 Å². The number of hydrogen-bond donors (Lipinski definition) is 0. The molecule has 0 aliphatic heterocycles. The molecule has 0 aromatic rings. The van der Waals surface area contributed by atoms with Crippen LogP contribution in [0.1, 0.15) is 45.4 Å². The zero-order chi connectivity index (χ0) is 10.4. The molecule has 0 unspecified atom stereocenters. The predicted octanol–water partition coefficient (Wildman–Crippen LogP) is 2.80. The van der Waals surface area contributed by atoms with Gasteiger partial charge < -0.3 is 4.90 Å². The van der Waals surface area contributed by atoms with Crippen molar-refractivity contribution in [2.75, 3.05) is 20.1 Å². The quantitative estimate of drug-likeness (QED) is 0.608. The largest absolute Gasteiger partial charge is 0.307 e. The van der Waals surface area contributed by atoms with Crippen LogP contribution in [0.4, 0.5) is 0 Å². The van der Waals surface area contributed by atoms with Crippen LogP contribution in [0.3, 0.4) is 0 Å². The van der Waals surface area contributed by atoms with E-state index in [-0.39, 0.29) is 5.41 Å². The predicted molar refractivity (Wildman–Crippen MR) is 58.9 cm³/mol. The van der Waals surface area contributed by atoms with Crippen LogP contribution < -0.4 is 0 Å². The summed E-state index contributed by atoms with van der Waals surface area (Å²) in [6.07, 6.45) is 7.15. The summed E-state index contributed by atoms with van der Waals surface area (Å²) >= 11 is 0. The second-order valence-electron chi connectivity index (χ2n) is 4.60. The van der Waals surface area contributed by atoms with E-state index in [0.717, 1.165) is 25.8 Å². The molecule has 0 N–H and O–H groups in total. The topological polar surface area (TPSA) is 27.0 Å². The number of rotatable bonds is 6. The van der Waals surface area contributed by atoms with Gasteiger partial charge in [0.25, 0.3) is 0 Å². The Morgan fingerprint density at radius 1 is 1.36 bits per heavy atom. The first kappa shape index (κ1) is 11.5. The zero-order valence-electron chi connectivity index (χ0n) is 9.55. The van der Waals surface area contributed by atoms with E-state index in [1.165, 1.54) is 25.8 Å². The van der Waals surface area contributed by atoms with Crippen molar-refractivity contribution in [3.05, 3.63) is 0 Å². The Hall–Kier alpha value is -0.550. The molecule has 14 heavy (non-hydrogen) atoms. The van der Waals surface area contributed by atoms with Gasteiger partial charge in [-0.2, -0.15) is 5.26 Å². The first-order valence-corrected chi connectivity index (χ1v) is 5.82. The third kappa shape index (κ3) is 2.99. The molecule has 1 aliphatic rings. The van der Waals surface area contributed by atoms with E-state index < -0.39 is 0 Å². The van der Waals surface area contributed by atoms with Crippen LogP contribution in [-0.4, -0.2) is 25.0 Å². The highest BCUT2D eigenvalue weighted by Crippen LogP contribution is 2.44. The summed E-state index contributed by atoms with van der Waals surface area (Å²) in [6, 6.07) is 2.50. The lowest BCUT2D eigenvalue weighted by Crippen LogP contribution is -2.27. The molecule has 0 aromatic heterocycles. The summed E-state index contributed by atoms with van der Waals surface area (Å²) < 4.78 is 0. The Morgan fingerprint density at radius 2 is 2.07 bits per heavy atom. The average molecular weight is 194 g/mol. The third-order valence-electron chi connectivity index (χ3n) is 3.53. The van der Waals surface area contributed by atoms with Gasteiger partial charge in [-0.1, -0.05) is 19.8 Å². The monoisotopic (exact) mass is 194 g/mol. The van der Waals surface area contributed by atoms with Crippen LogP contribution in [0.15, 0.2) is 0 Å². The van der Waals surface area contributed by atoms with E-state index in [9.17, 15) is 0 Å². The second-order valence-corrected chi connectivity index (χ2v) is 4.60. The van der Waals surface area contributed by atoms with E-state index in [0.29, 0.717) is 0 Å². The number of nitrogens with zero attached hydrogens (tertiary/aromatic N) is 2. The normalized spacial score (nSPS) is 19.0. The van der Waals surface area contributed by atoms with Gasteiger partial charge in [0.2, 0.25) is 0 Å². The van der Waals surface area contributed by atoms with Gasteiger partial charge >= 0.3 is 0 Å². The standard InChI is InChI=1S/C12H22N2/c1-3-14(2)10-5-4-7-12(11-13)8-6-9-12/h3-10H2,1-2H3. The van der Waals surface area contributed by atoms with Gasteiger partial charge in [-0.3, -0.25) is 0 Å². The summed E-state index contributed by atoms with van der Waals surface area (Å²) in [5.74, 6) is 0. The van der Waals surface area contributed by atoms with Crippen LogP contribution in [0.2, 0.25) is 0 Å². The molecule has 0 aromatic carbocycles. The Labute approximate surface area is 87.9 Å². The zero-order valence-corrected chi connectivity index (χ0v) is 9.55. The fourth-order valence-corrected chi connectivity index (χ4v) is 2.02. The van der Waals surface area contributed by atoms with Crippen molar-refractivity contribution in [1.82, 2.24) is 4.90 Å². The van der Waals surface area contributed by atoms with Crippen LogP contribution in [0.5, 0.6) is 0 Å². The molecule has 0 heterocycles. The molecular formula is C12H22N2. The minimum Gasteiger partial charge on any atom is -0.307 e. The molecule has 0 spiro atoms. The van der Waals surface area contributed by atoms with Crippen molar-refractivity contribution in [3.8, 4) is 6.07 Å². The fourth-order valence-electron chi connectivity index (χ4n) is 2.02. The SMILES string of the molecule is CCN(C)CCCCC1(C#N)CCC1. The van der Waals surface area contributed by atoms with Crippen LogP contribution in [-0.2, 0) is 0 Å². The van der Waals surface area contributed by atoms with Crippen molar-refractivity contribution in [1.29, 1.82) is 5.26 Å². The van der Waals surface area contributed by atoms with Gasteiger partial charge in [0.1, 0.15) is 0 Å². The maximum atomic E-state index is 9.03. The Morgan fingerprint density at radius 3 is 2.50 bits per heavy atom.